The smallest absolute Gasteiger partial charge is 0.410 e. The van der Waals surface area contributed by atoms with E-state index in [0.29, 0.717) is 36.5 Å². The maximum absolute atomic E-state index is 12.6. The first-order valence-corrected chi connectivity index (χ1v) is 17.8. The zero-order chi connectivity index (χ0) is 33.3. The van der Waals surface area contributed by atoms with Crippen LogP contribution in [0.1, 0.15) is 87.2 Å². The van der Waals surface area contributed by atoms with Crippen molar-refractivity contribution in [3.63, 3.8) is 0 Å². The maximum Gasteiger partial charge on any atom is 0.410 e. The molecule has 5 atom stereocenters. The highest BCUT2D eigenvalue weighted by molar-refractivity contribution is 6.30. The van der Waals surface area contributed by atoms with Crippen molar-refractivity contribution in [1.29, 1.82) is 0 Å². The van der Waals surface area contributed by atoms with Crippen molar-refractivity contribution < 1.29 is 28.5 Å². The molecule has 0 radical (unpaired) electrons. The summed E-state index contributed by atoms with van der Waals surface area (Å²) in [6, 6.07) is 12.0. The molecule has 1 saturated carbocycles. The zero-order valence-corrected chi connectivity index (χ0v) is 29.4. The van der Waals surface area contributed by atoms with Crippen LogP contribution in [-0.4, -0.2) is 75.7 Å². The number of rotatable bonds is 7. The van der Waals surface area contributed by atoms with Gasteiger partial charge in [0.2, 0.25) is 0 Å². The average molecular weight is 667 g/mol. The van der Waals surface area contributed by atoms with Gasteiger partial charge in [-0.1, -0.05) is 17.7 Å². The first kappa shape index (κ1) is 33.9. The fraction of sp³-hybridized carbons (Fsp3) is 0.632. The number of halogens is 1. The van der Waals surface area contributed by atoms with Gasteiger partial charge in [0.25, 0.3) is 0 Å². The minimum Gasteiger partial charge on any atom is -0.490 e. The molecule has 4 aliphatic rings. The van der Waals surface area contributed by atoms with Crippen molar-refractivity contribution in [2.45, 2.75) is 89.3 Å². The molecule has 6 rings (SSSR count). The van der Waals surface area contributed by atoms with E-state index in [1.54, 1.807) is 11.0 Å². The van der Waals surface area contributed by atoms with Crippen LogP contribution in [0.5, 0.6) is 5.75 Å². The van der Waals surface area contributed by atoms with E-state index >= 15 is 0 Å². The fourth-order valence-electron chi connectivity index (χ4n) is 8.22. The number of aryl methyl sites for hydroxylation is 1. The Kier molecular flexibility index (Phi) is 10.0. The Morgan fingerprint density at radius 2 is 1.96 bits per heavy atom. The van der Waals surface area contributed by atoms with Crippen molar-refractivity contribution >= 4 is 29.4 Å². The number of amides is 1. The van der Waals surface area contributed by atoms with E-state index in [-0.39, 0.29) is 23.6 Å². The molecule has 256 valence electrons. The molecule has 47 heavy (non-hydrogen) atoms. The van der Waals surface area contributed by atoms with Crippen molar-refractivity contribution in [2.75, 3.05) is 51.9 Å². The number of hydrogen-bond donors (Lipinski definition) is 0. The summed E-state index contributed by atoms with van der Waals surface area (Å²) in [5, 5.41) is 0.776. The van der Waals surface area contributed by atoms with E-state index < -0.39 is 5.60 Å². The summed E-state index contributed by atoms with van der Waals surface area (Å²) >= 11 is 6.45. The minimum atomic E-state index is -0.497. The lowest BCUT2D eigenvalue weighted by molar-refractivity contribution is -0.0839. The number of nitrogens with zero attached hydrogens (tertiary/aromatic N) is 2. The molecular weight excluding hydrogens is 616 g/mol. The standard InChI is InChI=1S/C38H51ClN2O6/c1-37(2,3)47-36(43)40(4)17-14-25-15-18-45-34(19-25)30-11-8-28(30)22-41-23-38(16-6-7-26-20-29(39)10-12-31(26)38)24-46-33-13-9-27(21-32(33)41)35(42)44-5/h9-10,12-13,20-21,25,28,30,34H,6-8,11,14-19,22-24H2,1-5H3/t25-,28-,30+,34-,38-/m0/s1. The first-order valence-electron chi connectivity index (χ1n) is 17.4. The molecule has 0 N–H and O–H groups in total. The third-order valence-electron chi connectivity index (χ3n) is 10.9. The quantitative estimate of drug-likeness (QED) is 0.281. The lowest BCUT2D eigenvalue weighted by atomic mass is 9.67. The van der Waals surface area contributed by atoms with Crippen molar-refractivity contribution in [2.24, 2.45) is 17.8 Å². The number of ether oxygens (including phenoxy) is 4. The summed E-state index contributed by atoms with van der Waals surface area (Å²) in [7, 11) is 3.25. The second-order valence-electron chi connectivity index (χ2n) is 15.3. The van der Waals surface area contributed by atoms with Gasteiger partial charge in [0, 0.05) is 43.7 Å². The molecule has 8 nitrogen and oxygen atoms in total. The number of anilines is 1. The van der Waals surface area contributed by atoms with Crippen LogP contribution in [0.3, 0.4) is 0 Å². The number of methoxy groups -OCH3 is 1. The molecule has 2 aliphatic heterocycles. The van der Waals surface area contributed by atoms with E-state index in [4.69, 9.17) is 30.5 Å². The molecule has 2 aliphatic carbocycles. The number of hydrogen-bond acceptors (Lipinski definition) is 7. The minimum absolute atomic E-state index is 0.172. The van der Waals surface area contributed by atoms with Gasteiger partial charge in [0.15, 0.2) is 0 Å². The molecular formula is C38H51ClN2O6. The van der Waals surface area contributed by atoms with Gasteiger partial charge >= 0.3 is 12.1 Å². The summed E-state index contributed by atoms with van der Waals surface area (Å²) in [6.45, 7) is 9.42. The molecule has 9 heteroatoms. The molecule has 1 amide bonds. The van der Waals surface area contributed by atoms with Crippen LogP contribution in [0, 0.1) is 17.8 Å². The highest BCUT2D eigenvalue weighted by atomic mass is 35.5. The van der Waals surface area contributed by atoms with Gasteiger partial charge in [-0.2, -0.15) is 0 Å². The molecule has 0 aromatic heterocycles. The highest BCUT2D eigenvalue weighted by Gasteiger charge is 2.45. The first-order chi connectivity index (χ1) is 22.4. The second-order valence-corrected chi connectivity index (χ2v) is 15.7. The van der Waals surface area contributed by atoms with E-state index in [1.165, 1.54) is 18.2 Å². The SMILES string of the molecule is COC(=O)c1ccc2c(c1)N(C[C@@H]1CC[C@H]1[C@@H]1C[C@@H](CCN(C)C(=O)OC(C)(C)C)CCO1)C[C@@]1(CCCc3cc(Cl)ccc31)CO2. The van der Waals surface area contributed by atoms with Crippen molar-refractivity contribution in [3.05, 3.63) is 58.1 Å². The van der Waals surface area contributed by atoms with Crippen LogP contribution in [0.15, 0.2) is 36.4 Å². The number of esters is 1. The third kappa shape index (κ3) is 7.54. The third-order valence-corrected chi connectivity index (χ3v) is 11.1. The summed E-state index contributed by atoms with van der Waals surface area (Å²) in [5.41, 5.74) is 3.47. The largest absolute Gasteiger partial charge is 0.490 e. The molecule has 0 bridgehead atoms. The second kappa shape index (κ2) is 13.9. The molecule has 0 unspecified atom stereocenters. The summed E-state index contributed by atoms with van der Waals surface area (Å²) in [5.74, 6) is 1.94. The Bertz CT molecular complexity index is 1460. The normalized spacial score (nSPS) is 27.1. The van der Waals surface area contributed by atoms with E-state index in [9.17, 15) is 9.59 Å². The Balaban J connectivity index is 1.19. The number of carbonyl (C=O) groups excluding carboxylic acids is 2. The number of benzene rings is 2. The van der Waals surface area contributed by atoms with Crippen molar-refractivity contribution in [3.8, 4) is 5.75 Å². The average Bonchev–Trinajstić information content (AvgIpc) is 3.17. The van der Waals surface area contributed by atoms with Gasteiger partial charge in [-0.25, -0.2) is 9.59 Å². The Hall–Kier alpha value is -2.97. The van der Waals surface area contributed by atoms with Gasteiger partial charge < -0.3 is 28.7 Å². The Labute approximate surface area is 285 Å². The van der Waals surface area contributed by atoms with Gasteiger partial charge in [0.1, 0.15) is 11.4 Å². The fourth-order valence-corrected chi connectivity index (χ4v) is 8.42. The predicted molar refractivity (Wildman–Crippen MR) is 184 cm³/mol. The van der Waals surface area contributed by atoms with E-state index in [1.807, 2.05) is 46.0 Å². The molecule has 2 fully saturated rings. The van der Waals surface area contributed by atoms with Gasteiger partial charge in [-0.15, -0.1) is 0 Å². The van der Waals surface area contributed by atoms with Crippen LogP contribution < -0.4 is 9.64 Å². The molecule has 1 spiro atoms. The van der Waals surface area contributed by atoms with Gasteiger partial charge in [0.05, 0.1) is 31.1 Å². The van der Waals surface area contributed by atoms with Gasteiger partial charge in [-0.05, 0) is 131 Å². The van der Waals surface area contributed by atoms with Crippen LogP contribution in [0.25, 0.3) is 0 Å². The summed E-state index contributed by atoms with van der Waals surface area (Å²) in [4.78, 5) is 29.3. The monoisotopic (exact) mass is 666 g/mol. The summed E-state index contributed by atoms with van der Waals surface area (Å²) < 4.78 is 23.7. The van der Waals surface area contributed by atoms with Crippen molar-refractivity contribution in [1.82, 2.24) is 4.90 Å². The maximum atomic E-state index is 12.6. The Morgan fingerprint density at radius 1 is 1.13 bits per heavy atom. The molecule has 2 aromatic carbocycles. The van der Waals surface area contributed by atoms with Crippen LogP contribution in [0.4, 0.5) is 10.5 Å². The molecule has 2 heterocycles. The predicted octanol–water partition coefficient (Wildman–Crippen LogP) is 7.68. The summed E-state index contributed by atoms with van der Waals surface area (Å²) in [6.07, 6.45) is 8.40. The van der Waals surface area contributed by atoms with Crippen LogP contribution >= 0.6 is 11.6 Å². The van der Waals surface area contributed by atoms with E-state index in [2.05, 4.69) is 17.0 Å². The van der Waals surface area contributed by atoms with E-state index in [0.717, 1.165) is 87.5 Å². The number of fused-ring (bicyclic) bond motifs is 3. The lowest BCUT2D eigenvalue weighted by Gasteiger charge is -2.48. The molecule has 1 saturated heterocycles. The highest BCUT2D eigenvalue weighted by Crippen LogP contribution is 2.48. The Morgan fingerprint density at radius 3 is 2.70 bits per heavy atom. The van der Waals surface area contributed by atoms with Crippen LogP contribution in [-0.2, 0) is 26.0 Å². The molecule has 2 aromatic rings. The number of carbonyl (C=O) groups is 2. The zero-order valence-electron chi connectivity index (χ0n) is 28.7. The lowest BCUT2D eigenvalue weighted by Crippen LogP contribution is -2.50. The van der Waals surface area contributed by atoms with Crippen LogP contribution in [0.2, 0.25) is 5.02 Å². The van der Waals surface area contributed by atoms with Gasteiger partial charge in [-0.3, -0.25) is 0 Å². The topological polar surface area (TPSA) is 77.5 Å².